The number of methoxy groups -OCH3 is 2. The van der Waals surface area contributed by atoms with Crippen molar-refractivity contribution in [3.05, 3.63) is 34.7 Å². The molecule has 1 heterocycles. The molecule has 0 radical (unpaired) electrons. The van der Waals surface area contributed by atoms with Gasteiger partial charge in [0.1, 0.15) is 0 Å². The first-order valence-electron chi connectivity index (χ1n) is 9.28. The van der Waals surface area contributed by atoms with Gasteiger partial charge in [-0.2, -0.15) is 5.10 Å². The van der Waals surface area contributed by atoms with E-state index in [1.165, 1.54) is 19.7 Å². The summed E-state index contributed by atoms with van der Waals surface area (Å²) in [5, 5.41) is 10.8. The molecular formula is C20H25N3O5S. The number of para-hydroxylation sites is 1. The monoisotopic (exact) mass is 419 g/mol. The van der Waals surface area contributed by atoms with Gasteiger partial charge in [-0.1, -0.05) is 32.3 Å². The highest BCUT2D eigenvalue weighted by Gasteiger charge is 2.25. The van der Waals surface area contributed by atoms with Crippen LogP contribution in [0.15, 0.2) is 39.4 Å². The number of nitrogens with one attached hydrogen (secondary N) is 1. The van der Waals surface area contributed by atoms with E-state index in [-0.39, 0.29) is 10.1 Å². The van der Waals surface area contributed by atoms with Gasteiger partial charge in [0.2, 0.25) is 0 Å². The number of rotatable bonds is 10. The normalized spacial score (nSPS) is 16.4. The molecule has 1 amide bonds. The Morgan fingerprint density at radius 1 is 1.24 bits per heavy atom. The summed E-state index contributed by atoms with van der Waals surface area (Å²) in [5.41, 5.74) is 0.712. The Kier molecular flexibility index (Phi) is 9.23. The number of amides is 1. The summed E-state index contributed by atoms with van der Waals surface area (Å²) in [5.74, 6) is 0.185. The van der Waals surface area contributed by atoms with Crippen molar-refractivity contribution >= 4 is 35.0 Å². The lowest BCUT2D eigenvalue weighted by atomic mass is 10.2. The Hall–Kier alpha value is -2.81. The molecular weight excluding hydrogens is 394 g/mol. The number of carbonyl (C=O) groups excluding carboxylic acids is 2. The number of carbonyl (C=O) groups is 2. The number of hydrogen-bond donors (Lipinski definition) is 1. The van der Waals surface area contributed by atoms with E-state index in [1.54, 1.807) is 7.11 Å². The van der Waals surface area contributed by atoms with Crippen LogP contribution in [0, 0.1) is 0 Å². The molecule has 0 unspecified atom stereocenters. The molecule has 9 heteroatoms. The number of esters is 1. The van der Waals surface area contributed by atoms with Crippen molar-refractivity contribution < 1.29 is 23.8 Å². The molecule has 29 heavy (non-hydrogen) atoms. The summed E-state index contributed by atoms with van der Waals surface area (Å²) in [6.45, 7) is 2.75. The van der Waals surface area contributed by atoms with Gasteiger partial charge < -0.3 is 14.2 Å². The zero-order chi connectivity index (χ0) is 21.1. The van der Waals surface area contributed by atoms with Crippen LogP contribution in [0.2, 0.25) is 0 Å². The second-order valence-electron chi connectivity index (χ2n) is 6.03. The van der Waals surface area contributed by atoms with Gasteiger partial charge in [0.05, 0.1) is 31.9 Å². The minimum absolute atomic E-state index is 0.197. The van der Waals surface area contributed by atoms with Crippen molar-refractivity contribution in [3.8, 4) is 11.5 Å². The van der Waals surface area contributed by atoms with Crippen molar-refractivity contribution in [2.45, 2.75) is 32.6 Å². The second-order valence-corrected chi connectivity index (χ2v) is 7.06. The molecule has 0 aromatic heterocycles. The van der Waals surface area contributed by atoms with Crippen LogP contribution in [-0.2, 0) is 14.3 Å². The zero-order valence-corrected chi connectivity index (χ0v) is 17.6. The van der Waals surface area contributed by atoms with Gasteiger partial charge in [0, 0.05) is 11.6 Å². The molecule has 1 aromatic carbocycles. The number of hydrogen-bond acceptors (Lipinski definition) is 8. The number of ether oxygens (including phenoxy) is 3. The van der Waals surface area contributed by atoms with Gasteiger partial charge in [-0.05, 0) is 30.3 Å². The second kappa shape index (κ2) is 11.9. The Bertz CT molecular complexity index is 820. The molecule has 0 saturated carbocycles. The summed E-state index contributed by atoms with van der Waals surface area (Å²) in [6, 6.07) is 5.50. The highest BCUT2D eigenvalue weighted by molar-refractivity contribution is 8.18. The first kappa shape index (κ1) is 22.5. The van der Waals surface area contributed by atoms with E-state index in [0.29, 0.717) is 23.7 Å². The summed E-state index contributed by atoms with van der Waals surface area (Å²) in [7, 11) is 2.83. The maximum atomic E-state index is 11.8. The van der Waals surface area contributed by atoms with Crippen LogP contribution in [0.25, 0.3) is 0 Å². The maximum Gasteiger partial charge on any atom is 0.331 e. The van der Waals surface area contributed by atoms with Gasteiger partial charge >= 0.3 is 5.97 Å². The molecule has 2 rings (SSSR count). The Balaban J connectivity index is 2.08. The van der Waals surface area contributed by atoms with Crippen LogP contribution in [-0.4, -0.2) is 44.1 Å². The standard InChI is InChI=1S/C20H25N3O5S/c1-4-5-6-7-11-28-18-14(9-8-10-15(18)26-2)13-21-23-20-22-19(25)16(29-20)12-17(24)27-3/h8-10,12-13H,4-7,11H2,1-3H3,(H,22,23,25)/b16-12+,21-13?. The van der Waals surface area contributed by atoms with Crippen molar-refractivity contribution in [2.75, 3.05) is 20.8 Å². The third-order valence-electron chi connectivity index (χ3n) is 3.92. The highest BCUT2D eigenvalue weighted by Crippen LogP contribution is 2.30. The first-order valence-corrected chi connectivity index (χ1v) is 10.1. The van der Waals surface area contributed by atoms with E-state index in [2.05, 4.69) is 27.2 Å². The maximum absolute atomic E-state index is 11.8. The Morgan fingerprint density at radius 3 is 2.79 bits per heavy atom. The zero-order valence-electron chi connectivity index (χ0n) is 16.8. The predicted molar refractivity (Wildman–Crippen MR) is 113 cm³/mol. The molecule has 1 saturated heterocycles. The van der Waals surface area contributed by atoms with Crippen LogP contribution in [0.3, 0.4) is 0 Å². The van der Waals surface area contributed by atoms with Gasteiger partial charge in [0.25, 0.3) is 5.91 Å². The van der Waals surface area contributed by atoms with Crippen molar-refractivity contribution in [2.24, 2.45) is 10.2 Å². The summed E-state index contributed by atoms with van der Waals surface area (Å²) < 4.78 is 15.8. The lowest BCUT2D eigenvalue weighted by Gasteiger charge is -2.12. The van der Waals surface area contributed by atoms with E-state index >= 15 is 0 Å². The van der Waals surface area contributed by atoms with Crippen LogP contribution in [0.5, 0.6) is 11.5 Å². The van der Waals surface area contributed by atoms with Crippen LogP contribution >= 0.6 is 11.8 Å². The summed E-state index contributed by atoms with van der Waals surface area (Å²) in [4.78, 5) is 23.3. The van der Waals surface area contributed by atoms with Gasteiger partial charge in [0.15, 0.2) is 16.7 Å². The third kappa shape index (κ3) is 6.94. The predicted octanol–water partition coefficient (Wildman–Crippen LogP) is 3.26. The minimum Gasteiger partial charge on any atom is -0.493 e. The van der Waals surface area contributed by atoms with E-state index < -0.39 is 11.9 Å². The fourth-order valence-corrected chi connectivity index (χ4v) is 3.18. The number of thioether (sulfide) groups is 1. The van der Waals surface area contributed by atoms with E-state index in [1.807, 2.05) is 18.2 Å². The van der Waals surface area contributed by atoms with Crippen LogP contribution in [0.1, 0.15) is 38.2 Å². The molecule has 0 aliphatic carbocycles. The fraction of sp³-hybridized carbons (Fsp3) is 0.400. The quantitative estimate of drug-likeness (QED) is 0.205. The molecule has 1 fully saturated rings. The lowest BCUT2D eigenvalue weighted by molar-refractivity contribution is -0.135. The van der Waals surface area contributed by atoms with Gasteiger partial charge in [-0.25, -0.2) is 4.79 Å². The number of amidine groups is 1. The molecule has 156 valence electrons. The number of unbranched alkanes of at least 4 members (excludes halogenated alkanes) is 3. The van der Waals surface area contributed by atoms with E-state index in [0.717, 1.165) is 37.1 Å². The molecule has 1 N–H and O–H groups in total. The largest absolute Gasteiger partial charge is 0.493 e. The van der Waals surface area contributed by atoms with Crippen molar-refractivity contribution in [1.29, 1.82) is 0 Å². The average Bonchev–Trinajstić information content (AvgIpc) is 3.07. The molecule has 1 aliphatic rings. The molecule has 0 spiro atoms. The molecule has 1 aromatic rings. The van der Waals surface area contributed by atoms with Crippen LogP contribution in [0.4, 0.5) is 0 Å². The number of benzene rings is 1. The van der Waals surface area contributed by atoms with Gasteiger partial charge in [-0.15, -0.1) is 5.10 Å². The fourth-order valence-electron chi connectivity index (χ4n) is 2.44. The Morgan fingerprint density at radius 2 is 2.07 bits per heavy atom. The van der Waals surface area contributed by atoms with Crippen molar-refractivity contribution in [3.63, 3.8) is 0 Å². The molecule has 0 atom stereocenters. The molecule has 0 bridgehead atoms. The highest BCUT2D eigenvalue weighted by atomic mass is 32.2. The minimum atomic E-state index is -0.607. The van der Waals surface area contributed by atoms with Crippen molar-refractivity contribution in [1.82, 2.24) is 5.32 Å². The van der Waals surface area contributed by atoms with E-state index in [9.17, 15) is 9.59 Å². The summed E-state index contributed by atoms with van der Waals surface area (Å²) >= 11 is 1.01. The topological polar surface area (TPSA) is 98.6 Å². The molecule has 8 nitrogen and oxygen atoms in total. The molecule has 1 aliphatic heterocycles. The van der Waals surface area contributed by atoms with Crippen LogP contribution < -0.4 is 14.8 Å². The number of nitrogens with zero attached hydrogens (tertiary/aromatic N) is 2. The summed E-state index contributed by atoms with van der Waals surface area (Å²) in [6.07, 6.45) is 7.06. The third-order valence-corrected chi connectivity index (χ3v) is 4.82. The average molecular weight is 420 g/mol. The van der Waals surface area contributed by atoms with E-state index in [4.69, 9.17) is 9.47 Å². The SMILES string of the molecule is CCCCCCOc1c(C=N/N=C2/NC(=O)/C(=C\C(=O)OC)S2)cccc1OC. The first-order chi connectivity index (χ1) is 14.1. The Labute approximate surface area is 174 Å². The lowest BCUT2D eigenvalue weighted by Crippen LogP contribution is -2.19. The smallest absolute Gasteiger partial charge is 0.331 e. The van der Waals surface area contributed by atoms with Gasteiger partial charge in [-0.3, -0.25) is 10.1 Å².